The molecule has 0 saturated carbocycles. The predicted molar refractivity (Wildman–Crippen MR) is 97.7 cm³/mol. The first-order chi connectivity index (χ1) is 10.9. The maximum atomic E-state index is 13.5. The fourth-order valence-corrected chi connectivity index (χ4v) is 3.18. The van der Waals surface area contributed by atoms with Gasteiger partial charge in [0.2, 0.25) is 0 Å². The van der Waals surface area contributed by atoms with Gasteiger partial charge in [0.25, 0.3) is 0 Å². The molecule has 0 fully saturated rings. The molecule has 0 atom stereocenters. The zero-order chi connectivity index (χ0) is 17.1. The topological polar surface area (TPSA) is 34.2 Å². The number of nitrogens with two attached hydrogens (primary N) is 1. The number of hydrogen-bond acceptors (Lipinski definition) is 3. The van der Waals surface area contributed by atoms with Crippen molar-refractivity contribution in [1.29, 1.82) is 0 Å². The molecule has 0 aliphatic heterocycles. The van der Waals surface area contributed by atoms with Gasteiger partial charge in [-0.1, -0.05) is 24.3 Å². The molecule has 0 unspecified atom stereocenters. The number of nitrogens with zero attached hydrogens (tertiary/aromatic N) is 2. The first-order valence-corrected chi connectivity index (χ1v) is 8.24. The molecule has 23 heavy (non-hydrogen) atoms. The molecular formula is C18H24FN3S. The molecule has 3 nitrogen and oxygen atoms in total. The molecule has 0 amide bonds. The van der Waals surface area contributed by atoms with E-state index in [0.717, 1.165) is 39.3 Å². The second kappa shape index (κ2) is 7.23. The summed E-state index contributed by atoms with van der Waals surface area (Å²) < 4.78 is 15.2. The minimum atomic E-state index is 0.247. The van der Waals surface area contributed by atoms with E-state index in [1.54, 1.807) is 3.97 Å². The summed E-state index contributed by atoms with van der Waals surface area (Å²) in [5.41, 5.74) is 12.8. The maximum Gasteiger partial charge on any atom is 0.170 e. The molecule has 5 heteroatoms. The van der Waals surface area contributed by atoms with Crippen LogP contribution in [0.4, 0.5) is 3.89 Å². The van der Waals surface area contributed by atoms with E-state index in [1.165, 1.54) is 0 Å². The smallest absolute Gasteiger partial charge is 0.170 e. The molecule has 2 N–H and O–H groups in total. The highest BCUT2D eigenvalue weighted by molar-refractivity contribution is 7.92. The average Bonchev–Trinajstić information content (AvgIpc) is 2.82. The van der Waals surface area contributed by atoms with Gasteiger partial charge in [0.1, 0.15) is 0 Å². The summed E-state index contributed by atoms with van der Waals surface area (Å²) in [5, 5.41) is 0. The van der Waals surface area contributed by atoms with Crippen molar-refractivity contribution in [2.45, 2.75) is 27.3 Å². The van der Waals surface area contributed by atoms with Crippen molar-refractivity contribution >= 4 is 17.9 Å². The van der Waals surface area contributed by atoms with Gasteiger partial charge in [0.05, 0.1) is 5.69 Å². The van der Waals surface area contributed by atoms with Gasteiger partial charge in [-0.3, -0.25) is 3.97 Å². The molecular weight excluding hydrogens is 309 g/mol. The van der Waals surface area contributed by atoms with E-state index < -0.39 is 0 Å². The van der Waals surface area contributed by atoms with Crippen LogP contribution in [0.25, 0.3) is 5.57 Å². The van der Waals surface area contributed by atoms with Crippen LogP contribution in [-0.2, 0) is 6.54 Å². The number of benzene rings is 1. The summed E-state index contributed by atoms with van der Waals surface area (Å²) in [6.45, 7) is 6.51. The number of aromatic nitrogens is 1. The Morgan fingerprint density at radius 3 is 2.30 bits per heavy atom. The summed E-state index contributed by atoms with van der Waals surface area (Å²) in [4.78, 5) is 2.06. The van der Waals surface area contributed by atoms with Gasteiger partial charge in [0, 0.05) is 37.6 Å². The first-order valence-electron chi connectivity index (χ1n) is 7.56. The van der Waals surface area contributed by atoms with E-state index >= 15 is 0 Å². The molecule has 1 aromatic heterocycles. The number of halogens is 1. The van der Waals surface area contributed by atoms with Crippen molar-refractivity contribution in [3.05, 3.63) is 64.1 Å². The Morgan fingerprint density at radius 2 is 1.83 bits per heavy atom. The number of allylic oxidation sites excluding steroid dienone is 1. The van der Waals surface area contributed by atoms with Crippen LogP contribution in [0, 0.1) is 13.8 Å². The zero-order valence-corrected chi connectivity index (χ0v) is 15.2. The largest absolute Gasteiger partial charge is 0.381 e. The lowest BCUT2D eigenvalue weighted by molar-refractivity contribution is 0.516. The first kappa shape index (κ1) is 17.6. The van der Waals surface area contributed by atoms with Crippen LogP contribution in [0.5, 0.6) is 0 Å². The third-order valence-corrected chi connectivity index (χ3v) is 4.75. The van der Waals surface area contributed by atoms with Crippen molar-refractivity contribution in [2.24, 2.45) is 5.73 Å². The summed E-state index contributed by atoms with van der Waals surface area (Å²) in [6.07, 6.45) is 0. The Morgan fingerprint density at radius 1 is 1.22 bits per heavy atom. The van der Waals surface area contributed by atoms with E-state index in [1.807, 2.05) is 46.1 Å². The molecule has 0 radical (unpaired) electrons. The van der Waals surface area contributed by atoms with Crippen molar-refractivity contribution in [3.8, 4) is 0 Å². The Bertz CT molecular complexity index is 715. The molecule has 0 bridgehead atoms. The zero-order valence-electron chi connectivity index (χ0n) is 14.4. The molecule has 124 valence electrons. The second-order valence-electron chi connectivity index (χ2n) is 5.94. The lowest BCUT2D eigenvalue weighted by Crippen LogP contribution is -2.13. The second-order valence-corrected chi connectivity index (χ2v) is 6.44. The van der Waals surface area contributed by atoms with Crippen molar-refractivity contribution in [1.82, 2.24) is 8.87 Å². The van der Waals surface area contributed by atoms with Crippen molar-refractivity contribution in [2.75, 3.05) is 14.1 Å². The molecule has 0 saturated heterocycles. The number of aryl methyl sites for hydroxylation is 2. The molecule has 1 aromatic carbocycles. The third kappa shape index (κ3) is 3.46. The molecule has 2 aromatic rings. The summed E-state index contributed by atoms with van der Waals surface area (Å²) in [5.74, 6) is 0. The molecule has 1 heterocycles. The number of rotatable bonds is 5. The summed E-state index contributed by atoms with van der Waals surface area (Å²) in [7, 11) is 4.00. The lowest BCUT2D eigenvalue weighted by atomic mass is 9.97. The highest BCUT2D eigenvalue weighted by Crippen LogP contribution is 2.34. The monoisotopic (exact) mass is 333 g/mol. The van der Waals surface area contributed by atoms with Crippen molar-refractivity contribution in [3.63, 3.8) is 0 Å². The van der Waals surface area contributed by atoms with E-state index in [-0.39, 0.29) is 12.3 Å². The average molecular weight is 333 g/mol. The van der Waals surface area contributed by atoms with E-state index in [4.69, 9.17) is 5.73 Å². The summed E-state index contributed by atoms with van der Waals surface area (Å²) in [6, 6.07) is 10.2. The number of hydrogen-bond donors (Lipinski definition) is 1. The van der Waals surface area contributed by atoms with Gasteiger partial charge in [-0.15, -0.1) is 3.89 Å². The van der Waals surface area contributed by atoms with Crippen LogP contribution in [-0.4, -0.2) is 23.0 Å². The van der Waals surface area contributed by atoms with Gasteiger partial charge in [0.15, 0.2) is 12.3 Å². The Balaban J connectivity index is 2.72. The van der Waals surface area contributed by atoms with E-state index in [2.05, 4.69) is 24.0 Å². The van der Waals surface area contributed by atoms with Crippen LogP contribution >= 0.6 is 12.3 Å². The molecule has 2 rings (SSSR count). The Labute approximate surface area is 142 Å². The highest BCUT2D eigenvalue weighted by Gasteiger charge is 2.19. The highest BCUT2D eigenvalue weighted by atomic mass is 32.2. The normalized spacial score (nSPS) is 12.3. The van der Waals surface area contributed by atoms with Crippen LogP contribution in [0.1, 0.15) is 35.0 Å². The Hall–Kier alpha value is -1.72. The lowest BCUT2D eigenvalue weighted by Gasteiger charge is -2.21. The Kier molecular flexibility index (Phi) is 5.55. The molecule has 0 spiro atoms. The third-order valence-electron chi connectivity index (χ3n) is 4.14. The fraction of sp³-hybridized carbons (Fsp3) is 0.333. The fourth-order valence-electron chi connectivity index (χ4n) is 2.71. The SMILES string of the molecule is C/C(=C(\c1ccc(CN)cc1)c1c(C)cc(C)n1SF)N(C)C. The van der Waals surface area contributed by atoms with Gasteiger partial charge < -0.3 is 10.6 Å². The quantitative estimate of drug-likeness (QED) is 0.886. The van der Waals surface area contributed by atoms with E-state index in [0.29, 0.717) is 6.54 Å². The van der Waals surface area contributed by atoms with Crippen LogP contribution in [0.15, 0.2) is 36.0 Å². The van der Waals surface area contributed by atoms with Crippen LogP contribution < -0.4 is 5.73 Å². The van der Waals surface area contributed by atoms with E-state index in [9.17, 15) is 3.89 Å². The predicted octanol–water partition coefficient (Wildman–Crippen LogP) is 4.29. The minimum Gasteiger partial charge on any atom is -0.381 e. The van der Waals surface area contributed by atoms with Crippen LogP contribution in [0.2, 0.25) is 0 Å². The standard InChI is InChI=1S/C18H24FN3S/c1-12-10-13(2)22(23-19)18(12)17(14(3)21(4)5)16-8-6-15(11-20)7-9-16/h6-10H,11,20H2,1-5H3/b17-14-. The summed E-state index contributed by atoms with van der Waals surface area (Å²) >= 11 is 0.247. The van der Waals surface area contributed by atoms with Gasteiger partial charge in [-0.25, -0.2) is 0 Å². The molecule has 0 aliphatic rings. The van der Waals surface area contributed by atoms with Gasteiger partial charge in [-0.05, 0) is 43.5 Å². The minimum absolute atomic E-state index is 0.247. The van der Waals surface area contributed by atoms with Gasteiger partial charge >= 0.3 is 0 Å². The van der Waals surface area contributed by atoms with Crippen LogP contribution in [0.3, 0.4) is 0 Å². The van der Waals surface area contributed by atoms with Gasteiger partial charge in [-0.2, -0.15) is 0 Å². The van der Waals surface area contributed by atoms with Crippen molar-refractivity contribution < 1.29 is 3.89 Å². The molecule has 0 aliphatic carbocycles. The maximum absolute atomic E-state index is 13.5.